The lowest BCUT2D eigenvalue weighted by atomic mass is 10.1. The van der Waals surface area contributed by atoms with Crippen LogP contribution in [0.2, 0.25) is 0 Å². The smallest absolute Gasteiger partial charge is 0.258 e. The predicted octanol–water partition coefficient (Wildman–Crippen LogP) is 3.96. The number of nitrogens with one attached hydrogen (secondary N) is 1. The van der Waals surface area contributed by atoms with Gasteiger partial charge < -0.3 is 14.8 Å². The van der Waals surface area contributed by atoms with Gasteiger partial charge in [-0.2, -0.15) is 0 Å². The summed E-state index contributed by atoms with van der Waals surface area (Å²) in [7, 11) is 0. The van der Waals surface area contributed by atoms with Crippen molar-refractivity contribution in [3.63, 3.8) is 0 Å². The third kappa shape index (κ3) is 5.38. The Morgan fingerprint density at radius 2 is 1.23 bits per heavy atom. The van der Waals surface area contributed by atoms with Gasteiger partial charge in [0.1, 0.15) is 18.1 Å². The zero-order valence-electron chi connectivity index (χ0n) is 14.4. The molecule has 3 aromatic rings. The number of benzene rings is 3. The van der Waals surface area contributed by atoms with Crippen LogP contribution in [0.25, 0.3) is 0 Å². The molecule has 1 amide bonds. The third-order valence-electron chi connectivity index (χ3n) is 3.85. The number of hydrogen-bond acceptors (Lipinski definition) is 3. The normalized spacial score (nSPS) is 10.2. The summed E-state index contributed by atoms with van der Waals surface area (Å²) in [6.07, 6.45) is 0. The van der Waals surface area contributed by atoms with E-state index >= 15 is 0 Å². The first-order chi connectivity index (χ1) is 12.8. The Bertz CT molecular complexity index is 819. The summed E-state index contributed by atoms with van der Waals surface area (Å²) in [6, 6.07) is 26.9. The molecule has 3 aromatic carbocycles. The maximum atomic E-state index is 12.0. The van der Waals surface area contributed by atoms with Gasteiger partial charge in [0.05, 0.1) is 0 Å². The van der Waals surface area contributed by atoms with Gasteiger partial charge in [0.2, 0.25) is 0 Å². The Kier molecular flexibility index (Phi) is 6.26. The fourth-order valence-corrected chi connectivity index (χ4v) is 2.46. The highest BCUT2D eigenvalue weighted by molar-refractivity contribution is 5.77. The Balaban J connectivity index is 1.50. The van der Waals surface area contributed by atoms with Crippen molar-refractivity contribution in [2.75, 3.05) is 6.61 Å². The van der Waals surface area contributed by atoms with Crippen molar-refractivity contribution in [3.8, 4) is 11.5 Å². The fourth-order valence-electron chi connectivity index (χ4n) is 2.46. The maximum Gasteiger partial charge on any atom is 0.258 e. The molecule has 0 heterocycles. The van der Waals surface area contributed by atoms with Gasteiger partial charge in [-0.1, -0.05) is 60.7 Å². The van der Waals surface area contributed by atoms with E-state index in [1.165, 1.54) is 0 Å². The molecule has 0 fully saturated rings. The van der Waals surface area contributed by atoms with Crippen LogP contribution in [0.15, 0.2) is 84.9 Å². The van der Waals surface area contributed by atoms with E-state index in [9.17, 15) is 4.79 Å². The van der Waals surface area contributed by atoms with Gasteiger partial charge in [-0.3, -0.25) is 4.79 Å². The molecule has 0 aliphatic heterocycles. The standard InChI is InChI=1S/C22H21NO3/c24-22(17-26-21-13-5-2-6-14-21)23-15-18-9-7-8-10-19(18)16-25-20-11-3-1-4-12-20/h1-14H,15-17H2,(H,23,24). The molecule has 26 heavy (non-hydrogen) atoms. The average molecular weight is 347 g/mol. The fraction of sp³-hybridized carbons (Fsp3) is 0.136. The van der Waals surface area contributed by atoms with Gasteiger partial charge in [0.15, 0.2) is 6.61 Å². The number of hydrogen-bond donors (Lipinski definition) is 1. The van der Waals surface area contributed by atoms with Gasteiger partial charge >= 0.3 is 0 Å². The molecule has 0 aliphatic rings. The molecule has 0 aromatic heterocycles. The van der Waals surface area contributed by atoms with E-state index in [1.54, 1.807) is 0 Å². The van der Waals surface area contributed by atoms with E-state index < -0.39 is 0 Å². The molecule has 0 unspecified atom stereocenters. The van der Waals surface area contributed by atoms with Crippen molar-refractivity contribution in [1.82, 2.24) is 5.32 Å². The van der Waals surface area contributed by atoms with Crippen LogP contribution in [0, 0.1) is 0 Å². The van der Waals surface area contributed by atoms with Crippen LogP contribution < -0.4 is 14.8 Å². The zero-order valence-corrected chi connectivity index (χ0v) is 14.4. The van der Waals surface area contributed by atoms with E-state index in [0.29, 0.717) is 18.9 Å². The van der Waals surface area contributed by atoms with Crippen LogP contribution >= 0.6 is 0 Å². The van der Waals surface area contributed by atoms with Crippen molar-refractivity contribution in [3.05, 3.63) is 96.1 Å². The predicted molar refractivity (Wildman–Crippen MR) is 101 cm³/mol. The Morgan fingerprint density at radius 1 is 0.692 bits per heavy atom. The number of ether oxygens (including phenoxy) is 2. The number of para-hydroxylation sites is 2. The number of carbonyl (C=O) groups excluding carboxylic acids is 1. The molecule has 132 valence electrons. The molecular weight excluding hydrogens is 326 g/mol. The Morgan fingerprint density at radius 3 is 1.88 bits per heavy atom. The topological polar surface area (TPSA) is 47.6 Å². The molecule has 0 spiro atoms. The van der Waals surface area contributed by atoms with Crippen LogP contribution in [-0.2, 0) is 17.9 Å². The third-order valence-corrected chi connectivity index (χ3v) is 3.85. The van der Waals surface area contributed by atoms with E-state index in [2.05, 4.69) is 5.32 Å². The lowest BCUT2D eigenvalue weighted by molar-refractivity contribution is -0.123. The highest BCUT2D eigenvalue weighted by Crippen LogP contribution is 2.14. The molecule has 0 saturated heterocycles. The summed E-state index contributed by atoms with van der Waals surface area (Å²) in [6.45, 7) is 0.884. The summed E-state index contributed by atoms with van der Waals surface area (Å²) in [5, 5.41) is 2.89. The first-order valence-electron chi connectivity index (χ1n) is 8.50. The zero-order chi connectivity index (χ0) is 18.0. The summed E-state index contributed by atoms with van der Waals surface area (Å²) in [5.74, 6) is 1.34. The van der Waals surface area contributed by atoms with Crippen LogP contribution in [0.5, 0.6) is 11.5 Å². The summed E-state index contributed by atoms with van der Waals surface area (Å²) in [5.41, 5.74) is 2.07. The Labute approximate surface area is 153 Å². The monoisotopic (exact) mass is 347 g/mol. The van der Waals surface area contributed by atoms with Crippen LogP contribution in [0.4, 0.5) is 0 Å². The second-order valence-corrected chi connectivity index (χ2v) is 5.75. The number of rotatable bonds is 8. The Hall–Kier alpha value is -3.27. The SMILES string of the molecule is O=C(COc1ccccc1)NCc1ccccc1COc1ccccc1. The van der Waals surface area contributed by atoms with E-state index in [-0.39, 0.29) is 12.5 Å². The van der Waals surface area contributed by atoms with Gasteiger partial charge in [-0.05, 0) is 35.4 Å². The summed E-state index contributed by atoms with van der Waals surface area (Å²) < 4.78 is 11.3. The lowest BCUT2D eigenvalue weighted by Crippen LogP contribution is -2.28. The quantitative estimate of drug-likeness (QED) is 0.671. The highest BCUT2D eigenvalue weighted by Gasteiger charge is 2.06. The van der Waals surface area contributed by atoms with E-state index in [0.717, 1.165) is 16.9 Å². The first kappa shape index (κ1) is 17.5. The van der Waals surface area contributed by atoms with E-state index in [4.69, 9.17) is 9.47 Å². The van der Waals surface area contributed by atoms with Gasteiger partial charge in [0, 0.05) is 6.54 Å². The van der Waals surface area contributed by atoms with Gasteiger partial charge in [0.25, 0.3) is 5.91 Å². The van der Waals surface area contributed by atoms with Crippen LogP contribution in [-0.4, -0.2) is 12.5 Å². The van der Waals surface area contributed by atoms with Crippen molar-refractivity contribution < 1.29 is 14.3 Å². The van der Waals surface area contributed by atoms with Crippen molar-refractivity contribution in [1.29, 1.82) is 0 Å². The molecule has 0 atom stereocenters. The minimum Gasteiger partial charge on any atom is -0.489 e. The number of carbonyl (C=O) groups is 1. The minimum atomic E-state index is -0.160. The molecule has 4 nitrogen and oxygen atoms in total. The molecule has 0 radical (unpaired) electrons. The first-order valence-corrected chi connectivity index (χ1v) is 8.50. The second-order valence-electron chi connectivity index (χ2n) is 5.75. The van der Waals surface area contributed by atoms with Crippen LogP contribution in [0.1, 0.15) is 11.1 Å². The van der Waals surface area contributed by atoms with Gasteiger partial charge in [-0.15, -0.1) is 0 Å². The summed E-state index contributed by atoms with van der Waals surface area (Å²) in [4.78, 5) is 12.0. The number of amides is 1. The second kappa shape index (κ2) is 9.28. The average Bonchev–Trinajstić information content (AvgIpc) is 2.71. The molecule has 4 heteroatoms. The maximum absolute atomic E-state index is 12.0. The molecule has 0 bridgehead atoms. The van der Waals surface area contributed by atoms with E-state index in [1.807, 2.05) is 84.9 Å². The van der Waals surface area contributed by atoms with Crippen molar-refractivity contribution >= 4 is 5.91 Å². The lowest BCUT2D eigenvalue weighted by Gasteiger charge is -2.12. The molecular formula is C22H21NO3. The molecule has 3 rings (SSSR count). The molecule has 1 N–H and O–H groups in total. The van der Waals surface area contributed by atoms with Crippen LogP contribution in [0.3, 0.4) is 0 Å². The van der Waals surface area contributed by atoms with Gasteiger partial charge in [-0.25, -0.2) is 0 Å². The summed E-state index contributed by atoms with van der Waals surface area (Å²) >= 11 is 0. The molecule has 0 aliphatic carbocycles. The minimum absolute atomic E-state index is 0.00725. The van der Waals surface area contributed by atoms with Crippen molar-refractivity contribution in [2.45, 2.75) is 13.2 Å². The molecule has 0 saturated carbocycles. The van der Waals surface area contributed by atoms with Crippen molar-refractivity contribution in [2.24, 2.45) is 0 Å². The highest BCUT2D eigenvalue weighted by atomic mass is 16.5. The largest absolute Gasteiger partial charge is 0.489 e.